The van der Waals surface area contributed by atoms with Crippen LogP contribution >= 0.6 is 0 Å². The number of benzene rings is 1. The molecule has 0 saturated heterocycles. The lowest BCUT2D eigenvalue weighted by Gasteiger charge is -2.27. The number of amides is 1. The molecule has 1 atom stereocenters. The molecule has 1 aromatic carbocycles. The Hall–Kier alpha value is -1.55. The molecular formula is C15H24N2O2. The molecule has 1 amide bonds. The summed E-state index contributed by atoms with van der Waals surface area (Å²) in [5.41, 5.74) is 6.33. The maximum absolute atomic E-state index is 12.2. The maximum atomic E-state index is 12.2. The van der Waals surface area contributed by atoms with Crippen LogP contribution in [-0.2, 0) is 4.79 Å². The van der Waals surface area contributed by atoms with E-state index in [1.807, 2.05) is 45.0 Å². The number of rotatable bonds is 6. The molecule has 19 heavy (non-hydrogen) atoms. The average Bonchev–Trinajstić information content (AvgIpc) is 2.46. The standard InChI is InChI=1S/C15H24N2O2/c1-5-15(16,6-2)14(18)17-11(3)12-7-9-13(19-4)10-8-12/h7-11H,5-6,16H2,1-4H3,(H,17,18)/t11-/m1/s1. The molecular weight excluding hydrogens is 240 g/mol. The third-order valence-corrected chi connectivity index (χ3v) is 3.68. The van der Waals surface area contributed by atoms with Crippen molar-refractivity contribution in [3.8, 4) is 5.75 Å². The lowest BCUT2D eigenvalue weighted by molar-refractivity contribution is -0.127. The smallest absolute Gasteiger partial charge is 0.240 e. The molecule has 4 heteroatoms. The fraction of sp³-hybridized carbons (Fsp3) is 0.533. The van der Waals surface area contributed by atoms with Gasteiger partial charge in [-0.2, -0.15) is 0 Å². The van der Waals surface area contributed by atoms with Crippen molar-refractivity contribution < 1.29 is 9.53 Å². The molecule has 4 nitrogen and oxygen atoms in total. The Labute approximate surface area is 115 Å². The third kappa shape index (κ3) is 3.70. The van der Waals surface area contributed by atoms with Crippen molar-refractivity contribution in [3.63, 3.8) is 0 Å². The molecule has 0 unspecified atom stereocenters. The lowest BCUT2D eigenvalue weighted by Crippen LogP contribution is -2.53. The van der Waals surface area contributed by atoms with Crippen LogP contribution in [0.1, 0.15) is 45.2 Å². The van der Waals surface area contributed by atoms with Crippen molar-refractivity contribution in [3.05, 3.63) is 29.8 Å². The Morgan fingerprint density at radius 1 is 1.32 bits per heavy atom. The molecule has 0 aliphatic heterocycles. The van der Waals surface area contributed by atoms with Gasteiger partial charge in [-0.15, -0.1) is 0 Å². The second-order valence-electron chi connectivity index (χ2n) is 4.83. The van der Waals surface area contributed by atoms with E-state index in [9.17, 15) is 4.79 Å². The Bertz CT molecular complexity index is 411. The van der Waals surface area contributed by atoms with Gasteiger partial charge in [0.25, 0.3) is 0 Å². The summed E-state index contributed by atoms with van der Waals surface area (Å²) in [5, 5.41) is 2.97. The highest BCUT2D eigenvalue weighted by molar-refractivity contribution is 5.86. The van der Waals surface area contributed by atoms with E-state index in [1.165, 1.54) is 0 Å². The first-order chi connectivity index (χ1) is 8.96. The number of hydrogen-bond donors (Lipinski definition) is 2. The molecule has 0 radical (unpaired) electrons. The molecule has 0 aliphatic carbocycles. The Kier molecular flexibility index (Phi) is 5.36. The number of carbonyl (C=O) groups excluding carboxylic acids is 1. The molecule has 0 saturated carbocycles. The summed E-state index contributed by atoms with van der Waals surface area (Å²) in [6.07, 6.45) is 1.26. The van der Waals surface area contributed by atoms with Crippen molar-refractivity contribution >= 4 is 5.91 Å². The maximum Gasteiger partial charge on any atom is 0.240 e. The van der Waals surface area contributed by atoms with Gasteiger partial charge in [-0.1, -0.05) is 26.0 Å². The zero-order valence-corrected chi connectivity index (χ0v) is 12.2. The quantitative estimate of drug-likeness (QED) is 0.829. The van der Waals surface area contributed by atoms with Crippen LogP contribution in [0.3, 0.4) is 0 Å². The molecule has 3 N–H and O–H groups in total. The molecule has 1 rings (SSSR count). The minimum atomic E-state index is -0.777. The zero-order chi connectivity index (χ0) is 14.5. The predicted octanol–water partition coefficient (Wildman–Crippen LogP) is 2.39. The van der Waals surface area contributed by atoms with E-state index in [0.717, 1.165) is 11.3 Å². The summed E-state index contributed by atoms with van der Waals surface area (Å²) < 4.78 is 5.11. The van der Waals surface area contributed by atoms with E-state index >= 15 is 0 Å². The van der Waals surface area contributed by atoms with Crippen molar-refractivity contribution in [1.29, 1.82) is 0 Å². The predicted molar refractivity (Wildman–Crippen MR) is 77.1 cm³/mol. The molecule has 0 spiro atoms. The fourth-order valence-corrected chi connectivity index (χ4v) is 1.89. The van der Waals surface area contributed by atoms with Crippen molar-refractivity contribution in [2.75, 3.05) is 7.11 Å². The molecule has 106 valence electrons. The highest BCUT2D eigenvalue weighted by Crippen LogP contribution is 2.19. The van der Waals surface area contributed by atoms with Gasteiger partial charge in [-0.25, -0.2) is 0 Å². The highest BCUT2D eigenvalue weighted by atomic mass is 16.5. The number of nitrogens with two attached hydrogens (primary N) is 1. The normalized spacial score (nSPS) is 12.9. The van der Waals surface area contributed by atoms with Gasteiger partial charge < -0.3 is 15.8 Å². The van der Waals surface area contributed by atoms with Crippen molar-refractivity contribution in [1.82, 2.24) is 5.32 Å². The van der Waals surface area contributed by atoms with Gasteiger partial charge in [0.1, 0.15) is 5.75 Å². The van der Waals surface area contributed by atoms with Gasteiger partial charge in [0.15, 0.2) is 0 Å². The number of hydrogen-bond acceptors (Lipinski definition) is 3. The van der Waals surface area contributed by atoms with E-state index in [1.54, 1.807) is 7.11 Å². The van der Waals surface area contributed by atoms with E-state index < -0.39 is 5.54 Å². The first-order valence-electron chi connectivity index (χ1n) is 6.70. The third-order valence-electron chi connectivity index (χ3n) is 3.68. The Balaban J connectivity index is 2.73. The van der Waals surface area contributed by atoms with Gasteiger partial charge in [-0.05, 0) is 37.5 Å². The van der Waals surface area contributed by atoms with E-state index in [4.69, 9.17) is 10.5 Å². The molecule has 0 aliphatic rings. The summed E-state index contributed by atoms with van der Waals surface area (Å²) in [5.74, 6) is 0.707. The van der Waals surface area contributed by atoms with Crippen LogP contribution < -0.4 is 15.8 Å². The highest BCUT2D eigenvalue weighted by Gasteiger charge is 2.30. The number of carbonyl (C=O) groups is 1. The van der Waals surface area contributed by atoms with E-state index in [0.29, 0.717) is 12.8 Å². The minimum Gasteiger partial charge on any atom is -0.497 e. The van der Waals surface area contributed by atoms with Crippen LogP contribution in [0.2, 0.25) is 0 Å². The lowest BCUT2D eigenvalue weighted by atomic mass is 9.92. The van der Waals surface area contributed by atoms with Gasteiger partial charge >= 0.3 is 0 Å². The zero-order valence-electron chi connectivity index (χ0n) is 12.2. The number of nitrogens with one attached hydrogen (secondary N) is 1. The monoisotopic (exact) mass is 264 g/mol. The summed E-state index contributed by atoms with van der Waals surface area (Å²) in [6.45, 7) is 5.81. The largest absolute Gasteiger partial charge is 0.497 e. The van der Waals surface area contributed by atoms with Gasteiger partial charge in [0.2, 0.25) is 5.91 Å². The summed E-state index contributed by atoms with van der Waals surface area (Å²) >= 11 is 0. The topological polar surface area (TPSA) is 64.4 Å². The number of ether oxygens (including phenoxy) is 1. The van der Waals surface area contributed by atoms with Crippen molar-refractivity contribution in [2.24, 2.45) is 5.73 Å². The SMILES string of the molecule is CCC(N)(CC)C(=O)N[C@H](C)c1ccc(OC)cc1. The average molecular weight is 264 g/mol. The van der Waals surface area contributed by atoms with Crippen LogP contribution in [0.5, 0.6) is 5.75 Å². The molecule has 0 heterocycles. The second kappa shape index (κ2) is 6.57. The van der Waals surface area contributed by atoms with Gasteiger partial charge in [0, 0.05) is 0 Å². The van der Waals surface area contributed by atoms with E-state index in [2.05, 4.69) is 5.32 Å². The summed E-state index contributed by atoms with van der Waals surface area (Å²) in [4.78, 5) is 12.2. The first-order valence-corrected chi connectivity index (χ1v) is 6.70. The molecule has 0 bridgehead atoms. The molecule has 1 aromatic rings. The first kappa shape index (κ1) is 15.5. The second-order valence-corrected chi connectivity index (χ2v) is 4.83. The molecule has 0 fully saturated rings. The Morgan fingerprint density at radius 3 is 2.26 bits per heavy atom. The van der Waals surface area contributed by atoms with Gasteiger partial charge in [0.05, 0.1) is 18.7 Å². The van der Waals surface area contributed by atoms with Crippen LogP contribution in [0.15, 0.2) is 24.3 Å². The van der Waals surface area contributed by atoms with Gasteiger partial charge in [-0.3, -0.25) is 4.79 Å². The minimum absolute atomic E-state index is 0.0700. The van der Waals surface area contributed by atoms with Crippen molar-refractivity contribution in [2.45, 2.75) is 45.2 Å². The van der Waals surface area contributed by atoms with Crippen LogP contribution in [0.4, 0.5) is 0 Å². The van der Waals surface area contributed by atoms with Crippen LogP contribution in [0, 0.1) is 0 Å². The number of methoxy groups -OCH3 is 1. The molecule has 0 aromatic heterocycles. The fourth-order valence-electron chi connectivity index (χ4n) is 1.89. The Morgan fingerprint density at radius 2 is 1.84 bits per heavy atom. The van der Waals surface area contributed by atoms with E-state index in [-0.39, 0.29) is 11.9 Å². The van der Waals surface area contributed by atoms with Crippen LogP contribution in [0.25, 0.3) is 0 Å². The summed E-state index contributed by atoms with van der Waals surface area (Å²) in [6, 6.07) is 7.58. The van der Waals surface area contributed by atoms with Crippen LogP contribution in [-0.4, -0.2) is 18.6 Å². The summed E-state index contributed by atoms with van der Waals surface area (Å²) in [7, 11) is 1.63.